The number of ether oxygens (including phenoxy) is 1. The number of rotatable bonds is 6. The zero-order valence-corrected chi connectivity index (χ0v) is 17.4. The van der Waals surface area contributed by atoms with Crippen LogP contribution in [0, 0.1) is 19.3 Å². The minimum Gasteiger partial charge on any atom is -0.493 e. The van der Waals surface area contributed by atoms with Crippen molar-refractivity contribution in [3.05, 3.63) is 29.3 Å². The summed E-state index contributed by atoms with van der Waals surface area (Å²) >= 11 is 0. The number of nitrogens with one attached hydrogen (secondary N) is 1. The molecule has 3 rings (SSSR count). The van der Waals surface area contributed by atoms with Crippen molar-refractivity contribution in [2.75, 3.05) is 46.9 Å². The van der Waals surface area contributed by atoms with E-state index in [0.29, 0.717) is 12.0 Å². The van der Waals surface area contributed by atoms with Crippen LogP contribution in [0.2, 0.25) is 0 Å². The molecule has 5 nitrogen and oxygen atoms in total. The van der Waals surface area contributed by atoms with Crippen LogP contribution in [0.25, 0.3) is 0 Å². The third-order valence-corrected chi connectivity index (χ3v) is 6.31. The molecule has 0 aliphatic carbocycles. The monoisotopic (exact) mass is 373 g/mol. The van der Waals surface area contributed by atoms with Crippen molar-refractivity contribution >= 4 is 5.91 Å². The van der Waals surface area contributed by atoms with E-state index in [1.54, 1.807) is 0 Å². The number of hydrogen-bond acceptors (Lipinski definition) is 4. The fourth-order valence-electron chi connectivity index (χ4n) is 4.58. The predicted octanol–water partition coefficient (Wildman–Crippen LogP) is 2.60. The first-order chi connectivity index (χ1) is 12.9. The van der Waals surface area contributed by atoms with Gasteiger partial charge in [-0.05, 0) is 82.3 Å². The zero-order chi connectivity index (χ0) is 19.4. The third-order valence-electron chi connectivity index (χ3n) is 6.31. The molecule has 2 aliphatic heterocycles. The quantitative estimate of drug-likeness (QED) is 0.779. The van der Waals surface area contributed by atoms with Gasteiger partial charge in [-0.2, -0.15) is 0 Å². The Morgan fingerprint density at radius 2 is 2.07 bits per heavy atom. The van der Waals surface area contributed by atoms with Crippen LogP contribution in [0.15, 0.2) is 18.2 Å². The highest BCUT2D eigenvalue weighted by atomic mass is 16.5. The van der Waals surface area contributed by atoms with Crippen molar-refractivity contribution in [2.24, 2.45) is 5.41 Å². The maximum Gasteiger partial charge on any atom is 0.239 e. The number of amides is 1. The van der Waals surface area contributed by atoms with Gasteiger partial charge in [0.25, 0.3) is 0 Å². The fourth-order valence-corrected chi connectivity index (χ4v) is 4.58. The number of carbonyl (C=O) groups excluding carboxylic acids is 1. The van der Waals surface area contributed by atoms with Crippen molar-refractivity contribution < 1.29 is 9.53 Å². The summed E-state index contributed by atoms with van der Waals surface area (Å²) in [6, 6.07) is 6.30. The molecule has 2 heterocycles. The summed E-state index contributed by atoms with van der Waals surface area (Å²) in [7, 11) is 4.04. The molecular weight excluding hydrogens is 338 g/mol. The minimum absolute atomic E-state index is 0.0352. The lowest BCUT2D eigenvalue weighted by atomic mass is 9.77. The second-order valence-corrected chi connectivity index (χ2v) is 8.62. The van der Waals surface area contributed by atoms with E-state index in [0.717, 1.165) is 50.3 Å². The summed E-state index contributed by atoms with van der Waals surface area (Å²) in [6.45, 7) is 8.73. The molecule has 150 valence electrons. The Labute approximate surface area is 164 Å². The number of nitrogens with zero attached hydrogens (tertiary/aromatic N) is 2. The molecule has 27 heavy (non-hydrogen) atoms. The maximum atomic E-state index is 13.0. The van der Waals surface area contributed by atoms with Crippen LogP contribution in [0.1, 0.15) is 36.8 Å². The number of aryl methyl sites for hydroxylation is 2. The van der Waals surface area contributed by atoms with Gasteiger partial charge in [-0.1, -0.05) is 12.1 Å². The van der Waals surface area contributed by atoms with Gasteiger partial charge in [0, 0.05) is 20.1 Å². The number of piperidine rings is 1. The molecule has 0 bridgehead atoms. The molecule has 0 aromatic heterocycles. The van der Waals surface area contributed by atoms with E-state index in [4.69, 9.17) is 4.74 Å². The Kier molecular flexibility index (Phi) is 6.43. The number of likely N-dealkylation sites (N-methyl/N-ethyl adjacent to an activating group) is 2. The van der Waals surface area contributed by atoms with Crippen molar-refractivity contribution in [2.45, 2.75) is 45.6 Å². The highest BCUT2D eigenvalue weighted by Gasteiger charge is 2.46. The summed E-state index contributed by atoms with van der Waals surface area (Å²) in [4.78, 5) is 17.1. The molecule has 1 atom stereocenters. The van der Waals surface area contributed by atoms with Crippen molar-refractivity contribution in [3.8, 4) is 5.75 Å². The Bertz CT molecular complexity index is 655. The van der Waals surface area contributed by atoms with Crippen LogP contribution in [0.3, 0.4) is 0 Å². The molecule has 1 amide bonds. The highest BCUT2D eigenvalue weighted by Crippen LogP contribution is 2.41. The Balaban J connectivity index is 1.46. The second-order valence-electron chi connectivity index (χ2n) is 8.62. The first-order valence-electron chi connectivity index (χ1n) is 10.3. The van der Waals surface area contributed by atoms with Crippen molar-refractivity contribution in [3.63, 3.8) is 0 Å². The standard InChI is InChI=1S/C22H35N3O2/c1-17-6-7-18(2)20(14-17)27-13-5-12-24(3)21(26)19-15-22(16-25(19)4)8-10-23-11-9-22/h6-7,14,19,23H,5,8-13,15-16H2,1-4H3. The number of likely N-dealkylation sites (tertiary alicyclic amines) is 1. The molecule has 5 heteroatoms. The average molecular weight is 374 g/mol. The summed E-state index contributed by atoms with van der Waals surface area (Å²) in [6.07, 6.45) is 4.23. The maximum absolute atomic E-state index is 13.0. The molecule has 1 unspecified atom stereocenters. The number of hydrogen-bond donors (Lipinski definition) is 1. The van der Waals surface area contributed by atoms with Gasteiger partial charge < -0.3 is 15.0 Å². The van der Waals surface area contributed by atoms with Crippen LogP contribution in [0.5, 0.6) is 5.75 Å². The first kappa shape index (κ1) is 20.2. The average Bonchev–Trinajstić information content (AvgIpc) is 2.96. The Hall–Kier alpha value is -1.59. The summed E-state index contributed by atoms with van der Waals surface area (Å²) < 4.78 is 5.93. The lowest BCUT2D eigenvalue weighted by molar-refractivity contribution is -0.134. The molecule has 2 fully saturated rings. The van der Waals surface area contributed by atoms with Crippen LogP contribution < -0.4 is 10.1 Å². The molecule has 1 aromatic rings. The van der Waals surface area contributed by atoms with Crippen LogP contribution in [-0.4, -0.2) is 68.6 Å². The molecule has 1 N–H and O–H groups in total. The van der Waals surface area contributed by atoms with Gasteiger partial charge in [0.15, 0.2) is 0 Å². The largest absolute Gasteiger partial charge is 0.493 e. The van der Waals surface area contributed by atoms with E-state index in [2.05, 4.69) is 49.3 Å². The SMILES string of the molecule is Cc1ccc(C)c(OCCCN(C)C(=O)C2CC3(CCNCC3)CN2C)c1. The molecular formula is C22H35N3O2. The molecule has 0 radical (unpaired) electrons. The topological polar surface area (TPSA) is 44.8 Å². The van der Waals surface area contributed by atoms with E-state index in [1.807, 2.05) is 11.9 Å². The lowest BCUT2D eigenvalue weighted by Gasteiger charge is -2.33. The molecule has 2 aliphatic rings. The second kappa shape index (κ2) is 8.61. The van der Waals surface area contributed by atoms with Gasteiger partial charge in [-0.25, -0.2) is 0 Å². The lowest BCUT2D eigenvalue weighted by Crippen LogP contribution is -2.43. The summed E-state index contributed by atoms with van der Waals surface area (Å²) in [5.74, 6) is 1.21. The fraction of sp³-hybridized carbons (Fsp3) is 0.682. The van der Waals surface area contributed by atoms with Gasteiger partial charge in [0.1, 0.15) is 5.75 Å². The van der Waals surface area contributed by atoms with Crippen molar-refractivity contribution in [1.82, 2.24) is 15.1 Å². The first-order valence-corrected chi connectivity index (χ1v) is 10.3. The Morgan fingerprint density at radius 3 is 2.81 bits per heavy atom. The molecule has 1 aromatic carbocycles. The van der Waals surface area contributed by atoms with Crippen LogP contribution in [0.4, 0.5) is 0 Å². The van der Waals surface area contributed by atoms with Gasteiger partial charge in [0.2, 0.25) is 5.91 Å². The summed E-state index contributed by atoms with van der Waals surface area (Å²) in [5.41, 5.74) is 2.70. The number of carbonyl (C=O) groups is 1. The van der Waals surface area contributed by atoms with Gasteiger partial charge in [-0.3, -0.25) is 9.69 Å². The molecule has 0 saturated carbocycles. The minimum atomic E-state index is 0.0352. The van der Waals surface area contributed by atoms with Gasteiger partial charge in [0.05, 0.1) is 12.6 Å². The molecule has 2 saturated heterocycles. The van der Waals surface area contributed by atoms with E-state index in [-0.39, 0.29) is 11.9 Å². The van der Waals surface area contributed by atoms with Crippen molar-refractivity contribution in [1.29, 1.82) is 0 Å². The van der Waals surface area contributed by atoms with Crippen LogP contribution >= 0.6 is 0 Å². The predicted molar refractivity (Wildman–Crippen MR) is 109 cm³/mol. The van der Waals surface area contributed by atoms with E-state index < -0.39 is 0 Å². The third kappa shape index (κ3) is 4.82. The zero-order valence-electron chi connectivity index (χ0n) is 17.4. The summed E-state index contributed by atoms with van der Waals surface area (Å²) in [5, 5.41) is 3.44. The van der Waals surface area contributed by atoms with Gasteiger partial charge >= 0.3 is 0 Å². The Morgan fingerprint density at radius 1 is 1.33 bits per heavy atom. The van der Waals surface area contributed by atoms with Gasteiger partial charge in [-0.15, -0.1) is 0 Å². The van der Waals surface area contributed by atoms with E-state index in [9.17, 15) is 4.79 Å². The van der Waals surface area contributed by atoms with Crippen LogP contribution in [-0.2, 0) is 4.79 Å². The molecule has 1 spiro atoms. The highest BCUT2D eigenvalue weighted by molar-refractivity contribution is 5.82. The number of benzene rings is 1. The smallest absolute Gasteiger partial charge is 0.239 e. The van der Waals surface area contributed by atoms with E-state index >= 15 is 0 Å². The normalized spacial score (nSPS) is 22.1. The van der Waals surface area contributed by atoms with E-state index in [1.165, 1.54) is 18.4 Å².